The largest absolute Gasteiger partial charge is 0.391 e. The van der Waals surface area contributed by atoms with Gasteiger partial charge in [0.1, 0.15) is 0 Å². The molecule has 1 nitrogen and oxygen atoms in total. The monoisotopic (exact) mass is 299 g/mol. The Labute approximate surface area is 124 Å². The molecule has 1 fully saturated rings. The Hall–Kier alpha value is -1.19. The molecule has 0 saturated heterocycles. The molecule has 4 heteroatoms. The molecular formula is C17H24F3N. The summed E-state index contributed by atoms with van der Waals surface area (Å²) < 4.78 is 38.1. The number of halogens is 3. The molecule has 1 aromatic rings. The van der Waals surface area contributed by atoms with Gasteiger partial charge in [0.25, 0.3) is 0 Å². The fourth-order valence-electron chi connectivity index (χ4n) is 3.05. The van der Waals surface area contributed by atoms with Gasteiger partial charge in [0.05, 0.1) is 5.92 Å². The van der Waals surface area contributed by atoms with Gasteiger partial charge in [-0.1, -0.05) is 39.0 Å². The lowest BCUT2D eigenvalue weighted by molar-refractivity contribution is -0.182. The molecule has 0 aromatic heterocycles. The van der Waals surface area contributed by atoms with Gasteiger partial charge in [-0.3, -0.25) is 0 Å². The van der Waals surface area contributed by atoms with E-state index in [1.54, 1.807) is 0 Å². The molecule has 0 amide bonds. The lowest BCUT2D eigenvalue weighted by Gasteiger charge is -2.32. The predicted molar refractivity (Wildman–Crippen MR) is 80.6 cm³/mol. The summed E-state index contributed by atoms with van der Waals surface area (Å²) >= 11 is 0. The van der Waals surface area contributed by atoms with Crippen molar-refractivity contribution in [2.45, 2.75) is 64.1 Å². The van der Waals surface area contributed by atoms with Gasteiger partial charge < -0.3 is 5.32 Å². The van der Waals surface area contributed by atoms with E-state index in [-0.39, 0.29) is 24.3 Å². The van der Waals surface area contributed by atoms with Gasteiger partial charge in [-0.2, -0.15) is 13.2 Å². The summed E-state index contributed by atoms with van der Waals surface area (Å²) in [4.78, 5) is 0. The second-order valence-corrected chi connectivity index (χ2v) is 7.03. The van der Waals surface area contributed by atoms with Crippen molar-refractivity contribution in [3.05, 3.63) is 29.8 Å². The molecule has 118 valence electrons. The summed E-state index contributed by atoms with van der Waals surface area (Å²) in [5.41, 5.74) is 2.29. The molecule has 21 heavy (non-hydrogen) atoms. The zero-order valence-electron chi connectivity index (χ0n) is 12.9. The summed E-state index contributed by atoms with van der Waals surface area (Å²) in [6.07, 6.45) is -2.39. The number of alkyl halides is 3. The normalized spacial score (nSPS) is 23.9. The number of benzene rings is 1. The Morgan fingerprint density at radius 2 is 1.52 bits per heavy atom. The average Bonchev–Trinajstić information content (AvgIpc) is 2.37. The third-order valence-electron chi connectivity index (χ3n) is 4.28. The van der Waals surface area contributed by atoms with Crippen LogP contribution in [0.5, 0.6) is 0 Å². The highest BCUT2D eigenvalue weighted by atomic mass is 19.4. The first-order valence-electron chi connectivity index (χ1n) is 7.60. The van der Waals surface area contributed by atoms with E-state index >= 15 is 0 Å². The second kappa shape index (κ2) is 5.90. The van der Waals surface area contributed by atoms with E-state index in [1.807, 2.05) is 18.2 Å². The topological polar surface area (TPSA) is 12.0 Å². The zero-order valence-corrected chi connectivity index (χ0v) is 12.9. The van der Waals surface area contributed by atoms with Crippen LogP contribution in [-0.2, 0) is 5.41 Å². The highest BCUT2D eigenvalue weighted by Gasteiger charge is 2.41. The fraction of sp³-hybridized carbons (Fsp3) is 0.647. The number of rotatable bonds is 2. The Morgan fingerprint density at radius 3 is 2.05 bits per heavy atom. The van der Waals surface area contributed by atoms with E-state index in [0.717, 1.165) is 5.69 Å². The van der Waals surface area contributed by atoms with Crippen molar-refractivity contribution in [1.29, 1.82) is 0 Å². The van der Waals surface area contributed by atoms with Crippen LogP contribution in [0.2, 0.25) is 0 Å². The summed E-state index contributed by atoms with van der Waals surface area (Å²) in [6.45, 7) is 6.44. The van der Waals surface area contributed by atoms with Crippen LogP contribution >= 0.6 is 0 Å². The van der Waals surface area contributed by atoms with Crippen molar-refractivity contribution in [2.24, 2.45) is 5.92 Å². The quantitative estimate of drug-likeness (QED) is 0.758. The van der Waals surface area contributed by atoms with Crippen LogP contribution < -0.4 is 5.32 Å². The molecule has 0 spiro atoms. The van der Waals surface area contributed by atoms with Gasteiger partial charge in [-0.05, 0) is 42.7 Å². The standard InChI is InChI=1S/C17H24F3N/c1-16(2,3)14-6-4-5-7-15(14)21-13-10-8-12(9-11-13)17(18,19)20/h4-7,12-13,21H,8-11H2,1-3H3. The fourth-order valence-corrected chi connectivity index (χ4v) is 3.05. The molecule has 0 atom stereocenters. The summed E-state index contributed by atoms with van der Waals surface area (Å²) in [7, 11) is 0. The first-order chi connectivity index (χ1) is 9.68. The molecule has 1 saturated carbocycles. The van der Waals surface area contributed by atoms with Crippen LogP contribution in [0.3, 0.4) is 0 Å². The van der Waals surface area contributed by atoms with Crippen LogP contribution in [0, 0.1) is 5.92 Å². The third-order valence-corrected chi connectivity index (χ3v) is 4.28. The number of hydrogen-bond donors (Lipinski definition) is 1. The highest BCUT2D eigenvalue weighted by molar-refractivity contribution is 5.54. The van der Waals surface area contributed by atoms with E-state index in [1.165, 1.54) is 5.56 Å². The van der Waals surface area contributed by atoms with Crippen LogP contribution in [-0.4, -0.2) is 12.2 Å². The molecule has 1 aliphatic rings. The van der Waals surface area contributed by atoms with Crippen LogP contribution in [0.1, 0.15) is 52.0 Å². The van der Waals surface area contributed by atoms with Crippen molar-refractivity contribution in [3.8, 4) is 0 Å². The van der Waals surface area contributed by atoms with E-state index in [9.17, 15) is 13.2 Å². The molecule has 1 aliphatic carbocycles. The predicted octanol–water partition coefficient (Wildman–Crippen LogP) is 5.52. The van der Waals surface area contributed by atoms with Crippen molar-refractivity contribution in [3.63, 3.8) is 0 Å². The van der Waals surface area contributed by atoms with Crippen LogP contribution in [0.25, 0.3) is 0 Å². The maximum atomic E-state index is 12.7. The maximum absolute atomic E-state index is 12.7. The first kappa shape index (κ1) is 16.2. The Bertz CT molecular complexity index is 466. The number of anilines is 1. The molecule has 0 aliphatic heterocycles. The molecular weight excluding hydrogens is 275 g/mol. The van der Waals surface area contributed by atoms with E-state index in [4.69, 9.17) is 0 Å². The lowest BCUT2D eigenvalue weighted by Crippen LogP contribution is -2.33. The third kappa shape index (κ3) is 4.14. The number of hydrogen-bond acceptors (Lipinski definition) is 1. The van der Waals surface area contributed by atoms with Crippen molar-refractivity contribution in [2.75, 3.05) is 5.32 Å². The smallest absolute Gasteiger partial charge is 0.382 e. The van der Waals surface area contributed by atoms with Crippen molar-refractivity contribution in [1.82, 2.24) is 0 Å². The van der Waals surface area contributed by atoms with E-state index in [0.29, 0.717) is 12.8 Å². The van der Waals surface area contributed by atoms with Gasteiger partial charge in [0.15, 0.2) is 0 Å². The summed E-state index contributed by atoms with van der Waals surface area (Å²) in [6, 6.07) is 8.23. The van der Waals surface area contributed by atoms with Gasteiger partial charge in [-0.15, -0.1) is 0 Å². The Morgan fingerprint density at radius 1 is 0.952 bits per heavy atom. The minimum atomic E-state index is -4.03. The van der Waals surface area contributed by atoms with Gasteiger partial charge in [0, 0.05) is 11.7 Å². The van der Waals surface area contributed by atoms with Gasteiger partial charge in [0.2, 0.25) is 0 Å². The molecule has 0 bridgehead atoms. The van der Waals surface area contributed by atoms with Crippen LogP contribution in [0.15, 0.2) is 24.3 Å². The highest BCUT2D eigenvalue weighted by Crippen LogP contribution is 2.39. The summed E-state index contributed by atoms with van der Waals surface area (Å²) in [5, 5.41) is 3.46. The maximum Gasteiger partial charge on any atom is 0.391 e. The first-order valence-corrected chi connectivity index (χ1v) is 7.60. The van der Waals surface area contributed by atoms with Gasteiger partial charge in [-0.25, -0.2) is 0 Å². The lowest BCUT2D eigenvalue weighted by atomic mass is 9.83. The Kier molecular flexibility index (Phi) is 4.54. The molecule has 2 rings (SSSR count). The SMILES string of the molecule is CC(C)(C)c1ccccc1NC1CCC(C(F)(F)F)CC1. The van der Waals surface area contributed by atoms with Crippen molar-refractivity contribution < 1.29 is 13.2 Å². The van der Waals surface area contributed by atoms with Crippen LogP contribution in [0.4, 0.5) is 18.9 Å². The number of para-hydroxylation sites is 1. The molecule has 0 radical (unpaired) electrons. The summed E-state index contributed by atoms with van der Waals surface area (Å²) in [5.74, 6) is -1.12. The zero-order chi connectivity index (χ0) is 15.7. The molecule has 1 N–H and O–H groups in total. The molecule has 1 aromatic carbocycles. The van der Waals surface area contributed by atoms with E-state index < -0.39 is 12.1 Å². The Balaban J connectivity index is 2.02. The van der Waals surface area contributed by atoms with Gasteiger partial charge >= 0.3 is 6.18 Å². The minimum Gasteiger partial charge on any atom is -0.382 e. The van der Waals surface area contributed by atoms with Crippen molar-refractivity contribution >= 4 is 5.69 Å². The molecule has 0 unspecified atom stereocenters. The average molecular weight is 299 g/mol. The minimum absolute atomic E-state index is 0.0206. The second-order valence-electron chi connectivity index (χ2n) is 7.03. The molecule has 0 heterocycles. The van der Waals surface area contributed by atoms with E-state index in [2.05, 4.69) is 32.2 Å². The number of nitrogens with one attached hydrogen (secondary N) is 1.